The molecule has 0 aliphatic heterocycles. The lowest BCUT2D eigenvalue weighted by molar-refractivity contribution is -0.154. The normalized spacial score (nSPS) is 11.7. The third-order valence-corrected chi connectivity index (χ3v) is 6.61. The molecule has 0 aliphatic rings. The van der Waals surface area contributed by atoms with Crippen molar-refractivity contribution in [3.8, 4) is 11.5 Å². The number of hydrogen-bond acceptors (Lipinski definition) is 2. The fraction of sp³-hybridized carbons (Fsp3) is 0.312. The molecule has 0 bridgehead atoms. The van der Waals surface area contributed by atoms with Gasteiger partial charge in [-0.15, -0.1) is 0 Å². The number of aryl methyl sites for hydroxylation is 4. The Hall–Kier alpha value is -3.68. The minimum absolute atomic E-state index is 0.0936. The first kappa shape index (κ1) is 29.3. The lowest BCUT2D eigenvalue weighted by Crippen LogP contribution is -2.20. The Morgan fingerprint density at radius 2 is 1.32 bits per heavy atom. The van der Waals surface area contributed by atoms with Crippen molar-refractivity contribution in [1.82, 2.24) is 0 Å². The molecule has 0 N–H and O–H groups in total. The molecule has 0 radical (unpaired) electrons. The van der Waals surface area contributed by atoms with E-state index in [1.807, 2.05) is 30.3 Å². The van der Waals surface area contributed by atoms with Crippen molar-refractivity contribution in [3.05, 3.63) is 106 Å². The summed E-state index contributed by atoms with van der Waals surface area (Å²) in [6.45, 7) is 1.03. The monoisotopic (exact) mass is 560 g/mol. The van der Waals surface area contributed by atoms with Gasteiger partial charge in [-0.05, 0) is 84.0 Å². The molecule has 0 aliphatic carbocycles. The molecule has 0 unspecified atom stereocenters. The third-order valence-electron chi connectivity index (χ3n) is 6.61. The van der Waals surface area contributed by atoms with Crippen LogP contribution in [-0.4, -0.2) is 19.4 Å². The second-order valence-corrected chi connectivity index (χ2v) is 9.73. The predicted octanol–water partition coefficient (Wildman–Crippen LogP) is 8.95. The van der Waals surface area contributed by atoms with Crippen molar-refractivity contribution < 1.29 is 35.8 Å². The maximum atomic E-state index is 15.3. The topological polar surface area (TPSA) is 18.5 Å². The quantitative estimate of drug-likeness (QED) is 0.127. The van der Waals surface area contributed by atoms with Crippen molar-refractivity contribution in [1.29, 1.82) is 0 Å². The standard InChI is InChI=1S/C32H30F6O2/c1-2-3-16-39-26-13-7-21(8-14-26)4-5-22-9-15-27-25(17-22)12-11-24(30(27)35)10-6-23-18-28(33)31(29(34)19-23)40-20-32(36,37)38/h7-9,11-15,17-19H,2-6,10,16,20H2,1H3. The molecule has 0 atom stereocenters. The largest absolute Gasteiger partial charge is 0.494 e. The van der Waals surface area contributed by atoms with Gasteiger partial charge in [0.15, 0.2) is 24.0 Å². The number of halogens is 6. The van der Waals surface area contributed by atoms with E-state index in [9.17, 15) is 22.0 Å². The highest BCUT2D eigenvalue weighted by molar-refractivity contribution is 5.84. The Kier molecular flexibility index (Phi) is 9.61. The summed E-state index contributed by atoms with van der Waals surface area (Å²) in [5.41, 5.74) is 2.81. The molecule has 2 nitrogen and oxygen atoms in total. The molecule has 8 heteroatoms. The first-order valence-electron chi connectivity index (χ1n) is 13.2. The van der Waals surface area contributed by atoms with Crippen LogP contribution in [0.25, 0.3) is 10.8 Å². The highest BCUT2D eigenvalue weighted by Gasteiger charge is 2.30. The minimum atomic E-state index is -4.72. The Balaban J connectivity index is 1.37. The van der Waals surface area contributed by atoms with Gasteiger partial charge in [0.25, 0.3) is 0 Å². The Bertz CT molecular complexity index is 1410. The molecule has 4 aromatic rings. The van der Waals surface area contributed by atoms with E-state index in [-0.39, 0.29) is 18.4 Å². The van der Waals surface area contributed by atoms with E-state index >= 15 is 4.39 Å². The summed E-state index contributed by atoms with van der Waals surface area (Å²) in [6.07, 6.45) is -0.751. The molecule has 4 aromatic carbocycles. The van der Waals surface area contributed by atoms with Crippen LogP contribution in [0.3, 0.4) is 0 Å². The summed E-state index contributed by atoms with van der Waals surface area (Å²) in [4.78, 5) is 0. The van der Waals surface area contributed by atoms with Gasteiger partial charge in [-0.25, -0.2) is 13.2 Å². The van der Waals surface area contributed by atoms with Crippen molar-refractivity contribution in [2.24, 2.45) is 0 Å². The SMILES string of the molecule is CCCCOc1ccc(CCc2ccc3c(F)c(CCc4cc(F)c(OCC(F)(F)F)c(F)c4)ccc3c2)cc1. The van der Waals surface area contributed by atoms with E-state index in [0.29, 0.717) is 17.6 Å². The number of fused-ring (bicyclic) bond motifs is 1. The number of unbranched alkanes of at least 4 members (excludes halogenated alkanes) is 1. The summed E-state index contributed by atoms with van der Waals surface area (Å²) < 4.78 is 90.5. The van der Waals surface area contributed by atoms with Crippen LogP contribution in [0.1, 0.15) is 42.0 Å². The fourth-order valence-corrected chi connectivity index (χ4v) is 4.44. The van der Waals surface area contributed by atoms with Gasteiger partial charge < -0.3 is 9.47 Å². The molecule has 212 valence electrons. The van der Waals surface area contributed by atoms with E-state index in [0.717, 1.165) is 54.5 Å². The van der Waals surface area contributed by atoms with Gasteiger partial charge in [-0.1, -0.05) is 55.8 Å². The highest BCUT2D eigenvalue weighted by Crippen LogP contribution is 2.28. The smallest absolute Gasteiger partial charge is 0.422 e. The average Bonchev–Trinajstić information content (AvgIpc) is 2.91. The van der Waals surface area contributed by atoms with E-state index < -0.39 is 36.0 Å². The van der Waals surface area contributed by atoms with E-state index in [1.54, 1.807) is 12.1 Å². The number of benzene rings is 4. The summed E-state index contributed by atoms with van der Waals surface area (Å²) in [7, 11) is 0. The predicted molar refractivity (Wildman–Crippen MR) is 143 cm³/mol. The number of hydrogen-bond donors (Lipinski definition) is 0. The van der Waals surface area contributed by atoms with E-state index in [1.165, 1.54) is 5.56 Å². The molecule has 0 aromatic heterocycles. The zero-order valence-corrected chi connectivity index (χ0v) is 22.1. The lowest BCUT2D eigenvalue weighted by Gasteiger charge is -2.12. The lowest BCUT2D eigenvalue weighted by atomic mass is 9.97. The van der Waals surface area contributed by atoms with Crippen molar-refractivity contribution in [3.63, 3.8) is 0 Å². The van der Waals surface area contributed by atoms with Gasteiger partial charge in [-0.3, -0.25) is 0 Å². The summed E-state index contributed by atoms with van der Waals surface area (Å²) in [6, 6.07) is 18.9. The molecule has 4 rings (SSSR count). The maximum absolute atomic E-state index is 15.3. The molecule has 0 saturated heterocycles. The molecular formula is C32H30F6O2. The molecule has 0 heterocycles. The highest BCUT2D eigenvalue weighted by atomic mass is 19.4. The van der Waals surface area contributed by atoms with Crippen LogP contribution in [0.4, 0.5) is 26.3 Å². The van der Waals surface area contributed by atoms with E-state index in [4.69, 9.17) is 4.74 Å². The number of rotatable bonds is 12. The molecule has 40 heavy (non-hydrogen) atoms. The van der Waals surface area contributed by atoms with Crippen LogP contribution in [0.2, 0.25) is 0 Å². The van der Waals surface area contributed by atoms with Crippen LogP contribution in [0.5, 0.6) is 11.5 Å². The Morgan fingerprint density at radius 1 is 0.675 bits per heavy atom. The molecule has 0 spiro atoms. The van der Waals surface area contributed by atoms with Crippen LogP contribution in [0.15, 0.2) is 66.7 Å². The summed E-state index contributed by atoms with van der Waals surface area (Å²) in [5.74, 6) is -3.10. The van der Waals surface area contributed by atoms with E-state index in [2.05, 4.69) is 23.8 Å². The molecule has 0 saturated carbocycles. The summed E-state index contributed by atoms with van der Waals surface area (Å²) in [5, 5.41) is 1.20. The van der Waals surface area contributed by atoms with Crippen molar-refractivity contribution >= 4 is 10.8 Å². The van der Waals surface area contributed by atoms with Crippen molar-refractivity contribution in [2.75, 3.05) is 13.2 Å². The maximum Gasteiger partial charge on any atom is 0.422 e. The third kappa shape index (κ3) is 7.93. The summed E-state index contributed by atoms with van der Waals surface area (Å²) >= 11 is 0. The first-order valence-corrected chi connectivity index (χ1v) is 13.2. The first-order chi connectivity index (χ1) is 19.1. The van der Waals surface area contributed by atoms with Crippen LogP contribution < -0.4 is 9.47 Å². The number of ether oxygens (including phenoxy) is 2. The van der Waals surface area contributed by atoms with Crippen LogP contribution in [0, 0.1) is 17.5 Å². The van der Waals surface area contributed by atoms with Crippen LogP contribution in [-0.2, 0) is 25.7 Å². The molecular weight excluding hydrogens is 530 g/mol. The second kappa shape index (κ2) is 13.1. The zero-order chi connectivity index (χ0) is 28.7. The molecule has 0 fully saturated rings. The van der Waals surface area contributed by atoms with Crippen LogP contribution >= 0.6 is 0 Å². The molecule has 0 amide bonds. The van der Waals surface area contributed by atoms with Gasteiger partial charge in [0, 0.05) is 5.39 Å². The van der Waals surface area contributed by atoms with Gasteiger partial charge in [0.2, 0.25) is 0 Å². The van der Waals surface area contributed by atoms with Crippen molar-refractivity contribution in [2.45, 2.75) is 51.6 Å². The van der Waals surface area contributed by atoms with Gasteiger partial charge in [0.05, 0.1) is 6.61 Å². The Morgan fingerprint density at radius 3 is 2.00 bits per heavy atom. The average molecular weight is 561 g/mol. The fourth-order valence-electron chi connectivity index (χ4n) is 4.44. The van der Waals surface area contributed by atoms with Gasteiger partial charge in [0.1, 0.15) is 11.6 Å². The van der Waals surface area contributed by atoms with Gasteiger partial charge >= 0.3 is 6.18 Å². The van der Waals surface area contributed by atoms with Gasteiger partial charge in [-0.2, -0.15) is 13.2 Å². The Labute approximate surface area is 229 Å². The zero-order valence-electron chi connectivity index (χ0n) is 22.1. The second-order valence-electron chi connectivity index (χ2n) is 9.73. The minimum Gasteiger partial charge on any atom is -0.494 e. The number of alkyl halides is 3.